The van der Waals surface area contributed by atoms with Gasteiger partial charge in [0.2, 0.25) is 10.0 Å². The quantitative estimate of drug-likeness (QED) is 0.421. The van der Waals surface area contributed by atoms with Crippen LogP contribution in [0.4, 0.5) is 0 Å². The summed E-state index contributed by atoms with van der Waals surface area (Å²) in [4.78, 5) is 19.2. The number of piperidine rings is 1. The number of likely N-dealkylation sites (N-methyl/N-ethyl adjacent to an activating group) is 1. The Labute approximate surface area is 222 Å². The van der Waals surface area contributed by atoms with Gasteiger partial charge in [0.1, 0.15) is 0 Å². The molecule has 1 unspecified atom stereocenters. The fourth-order valence-corrected chi connectivity index (χ4v) is 7.77. The van der Waals surface area contributed by atoms with Gasteiger partial charge in [-0.25, -0.2) is 12.7 Å². The van der Waals surface area contributed by atoms with Crippen LogP contribution in [0.3, 0.4) is 0 Å². The Morgan fingerprint density at radius 2 is 2.00 bits per heavy atom. The molecule has 3 aromatic rings. The number of carbonyl (C=O) groups is 1. The molecule has 2 aliphatic rings. The fourth-order valence-electron chi connectivity index (χ4n) is 5.66. The zero-order valence-electron chi connectivity index (χ0n) is 21.5. The van der Waals surface area contributed by atoms with Gasteiger partial charge in [-0.15, -0.1) is 11.3 Å². The minimum Gasteiger partial charge on any atom is -0.377 e. The lowest BCUT2D eigenvalue weighted by molar-refractivity contribution is 0.0796. The molecule has 2 aromatic heterocycles. The average molecular weight is 545 g/mol. The number of carbonyl (C=O) groups excluding carboxylic acids is 1. The summed E-state index contributed by atoms with van der Waals surface area (Å²) in [5, 5.41) is 3.13. The van der Waals surface area contributed by atoms with Crippen molar-refractivity contribution in [2.45, 2.75) is 51.2 Å². The first-order valence-electron chi connectivity index (χ1n) is 13.1. The Hall–Kier alpha value is -2.24. The molecule has 3 N–H and O–H groups in total. The van der Waals surface area contributed by atoms with Crippen molar-refractivity contribution in [2.24, 2.45) is 5.73 Å². The van der Waals surface area contributed by atoms with Gasteiger partial charge < -0.3 is 15.5 Å². The number of rotatable bonds is 9. The fraction of sp³-hybridized carbons (Fsp3) is 0.519. The van der Waals surface area contributed by atoms with Crippen molar-refractivity contribution in [1.29, 1.82) is 0 Å². The van der Waals surface area contributed by atoms with E-state index in [1.165, 1.54) is 4.88 Å². The molecule has 2 aliphatic heterocycles. The Kier molecular flexibility index (Phi) is 7.74. The van der Waals surface area contributed by atoms with Crippen LogP contribution in [-0.2, 0) is 21.3 Å². The summed E-state index contributed by atoms with van der Waals surface area (Å²) >= 11 is 1.72. The highest BCUT2D eigenvalue weighted by Gasteiger charge is 2.29. The maximum Gasteiger partial charge on any atom is 0.250 e. The summed E-state index contributed by atoms with van der Waals surface area (Å²) in [6.07, 6.45) is 6.07. The zero-order chi connectivity index (χ0) is 26.2. The largest absolute Gasteiger partial charge is 0.377 e. The Morgan fingerprint density at radius 3 is 2.68 bits per heavy atom. The van der Waals surface area contributed by atoms with Crippen molar-refractivity contribution >= 4 is 38.2 Å². The maximum absolute atomic E-state index is 12.4. The van der Waals surface area contributed by atoms with Gasteiger partial charge in [-0.2, -0.15) is 0 Å². The van der Waals surface area contributed by atoms with Crippen molar-refractivity contribution in [3.63, 3.8) is 0 Å². The predicted molar refractivity (Wildman–Crippen MR) is 148 cm³/mol. The first-order valence-corrected chi connectivity index (χ1v) is 15.5. The summed E-state index contributed by atoms with van der Waals surface area (Å²) in [6.45, 7) is 5.36. The monoisotopic (exact) mass is 544 g/mol. The predicted octanol–water partition coefficient (Wildman–Crippen LogP) is 4.14. The number of nitrogens with one attached hydrogen (secondary N) is 1. The smallest absolute Gasteiger partial charge is 0.250 e. The summed E-state index contributed by atoms with van der Waals surface area (Å²) in [5.74, 6) is -0.114. The standard InChI is InChI=1S/C27H36N4O4S2/c1-3-37(33,34)31-8-6-18(7-9-31)25-14-29-26-23(25)12-19(13-24(26)27(28)32)20-11-22(36-17-20)16-30(2)15-21-5-4-10-35-21/h11-14,17-18,21,29H,3-10,15-16H2,1-2H3,(H2,28,32). The Balaban J connectivity index is 1.39. The van der Waals surface area contributed by atoms with Gasteiger partial charge in [0.15, 0.2) is 0 Å². The molecule has 8 nitrogen and oxygen atoms in total. The van der Waals surface area contributed by atoms with Crippen molar-refractivity contribution in [2.75, 3.05) is 39.0 Å². The number of nitrogens with zero attached hydrogens (tertiary/aromatic N) is 2. The molecule has 200 valence electrons. The molecule has 5 rings (SSSR count). The molecule has 0 spiro atoms. The average Bonchev–Trinajstić information content (AvgIpc) is 3.65. The summed E-state index contributed by atoms with van der Waals surface area (Å²) in [6, 6.07) is 6.22. The number of benzene rings is 1. The molecule has 0 radical (unpaired) electrons. The van der Waals surface area contributed by atoms with Crippen LogP contribution in [0.25, 0.3) is 22.0 Å². The van der Waals surface area contributed by atoms with Gasteiger partial charge in [-0.05, 0) is 85.8 Å². The number of H-pyrrole nitrogens is 1. The highest BCUT2D eigenvalue weighted by molar-refractivity contribution is 7.89. The van der Waals surface area contributed by atoms with Crippen molar-refractivity contribution in [1.82, 2.24) is 14.2 Å². The van der Waals surface area contributed by atoms with Crippen LogP contribution in [0.1, 0.15) is 59.3 Å². The van der Waals surface area contributed by atoms with Crippen molar-refractivity contribution < 1.29 is 17.9 Å². The van der Waals surface area contributed by atoms with Crippen LogP contribution in [0, 0.1) is 0 Å². The third-order valence-corrected chi connectivity index (χ3v) is 10.5. The number of ether oxygens (including phenoxy) is 1. The van der Waals surface area contributed by atoms with Crippen LogP contribution in [-0.4, -0.2) is 73.7 Å². The summed E-state index contributed by atoms with van der Waals surface area (Å²) in [7, 11) is -1.05. The summed E-state index contributed by atoms with van der Waals surface area (Å²) < 4.78 is 32.0. The van der Waals surface area contributed by atoms with E-state index >= 15 is 0 Å². The first kappa shape index (κ1) is 26.4. The number of aromatic amines is 1. The third kappa shape index (κ3) is 5.63. The molecule has 2 fully saturated rings. The molecule has 1 atom stereocenters. The molecule has 0 saturated carbocycles. The molecule has 2 saturated heterocycles. The van der Waals surface area contributed by atoms with E-state index in [1.807, 2.05) is 12.3 Å². The molecule has 1 aromatic carbocycles. The molecular weight excluding hydrogens is 508 g/mol. The van der Waals surface area contributed by atoms with Crippen LogP contribution in [0.2, 0.25) is 0 Å². The minimum atomic E-state index is -3.18. The van der Waals surface area contributed by atoms with Gasteiger partial charge in [-0.3, -0.25) is 9.69 Å². The van der Waals surface area contributed by atoms with Crippen LogP contribution in [0.5, 0.6) is 0 Å². The van der Waals surface area contributed by atoms with E-state index in [4.69, 9.17) is 10.5 Å². The second-order valence-corrected chi connectivity index (χ2v) is 13.5. The maximum atomic E-state index is 12.4. The second kappa shape index (κ2) is 10.9. The second-order valence-electron chi connectivity index (χ2n) is 10.3. The van der Waals surface area contributed by atoms with Crippen LogP contribution < -0.4 is 5.73 Å². The van der Waals surface area contributed by atoms with E-state index in [9.17, 15) is 13.2 Å². The molecule has 10 heteroatoms. The van der Waals surface area contributed by atoms with E-state index in [0.29, 0.717) is 24.8 Å². The van der Waals surface area contributed by atoms with Crippen molar-refractivity contribution in [3.8, 4) is 11.1 Å². The van der Waals surface area contributed by atoms with Crippen LogP contribution in [0.15, 0.2) is 29.8 Å². The SMILES string of the molecule is CCS(=O)(=O)N1CCC(c2c[nH]c3c(C(N)=O)cc(-c4csc(CN(C)CC5CCCO5)c4)cc23)CC1. The normalized spacial score (nSPS) is 19.8. The van der Waals surface area contributed by atoms with Gasteiger partial charge in [0, 0.05) is 49.2 Å². The molecule has 4 heterocycles. The number of fused-ring (bicyclic) bond motifs is 1. The molecule has 37 heavy (non-hydrogen) atoms. The van der Waals surface area contributed by atoms with E-state index in [-0.39, 0.29) is 11.7 Å². The number of amides is 1. The van der Waals surface area contributed by atoms with E-state index in [0.717, 1.165) is 73.0 Å². The van der Waals surface area contributed by atoms with Gasteiger partial charge in [0.05, 0.1) is 22.9 Å². The highest BCUT2D eigenvalue weighted by atomic mass is 32.2. The lowest BCUT2D eigenvalue weighted by atomic mass is 9.88. The van der Waals surface area contributed by atoms with Gasteiger partial charge in [0.25, 0.3) is 5.91 Å². The number of aromatic nitrogens is 1. The van der Waals surface area contributed by atoms with E-state index in [1.54, 1.807) is 22.6 Å². The van der Waals surface area contributed by atoms with E-state index < -0.39 is 15.9 Å². The molecule has 0 bridgehead atoms. The number of hydrogen-bond acceptors (Lipinski definition) is 6. The summed E-state index contributed by atoms with van der Waals surface area (Å²) in [5.41, 5.74) is 10.2. The molecular formula is C27H36N4O4S2. The topological polar surface area (TPSA) is 109 Å². The van der Waals surface area contributed by atoms with E-state index in [2.05, 4.69) is 34.4 Å². The number of hydrogen-bond donors (Lipinski definition) is 2. The number of primary amides is 1. The molecule has 0 aliphatic carbocycles. The zero-order valence-corrected chi connectivity index (χ0v) is 23.2. The number of thiophene rings is 1. The van der Waals surface area contributed by atoms with Gasteiger partial charge in [-0.1, -0.05) is 0 Å². The Morgan fingerprint density at radius 1 is 1.22 bits per heavy atom. The van der Waals surface area contributed by atoms with Crippen molar-refractivity contribution in [3.05, 3.63) is 45.8 Å². The molecule has 1 amide bonds. The lowest BCUT2D eigenvalue weighted by Gasteiger charge is -2.31. The van der Waals surface area contributed by atoms with Gasteiger partial charge >= 0.3 is 0 Å². The minimum absolute atomic E-state index is 0.128. The first-order chi connectivity index (χ1) is 17.7. The third-order valence-electron chi connectivity index (χ3n) is 7.69. The lowest BCUT2D eigenvalue weighted by Crippen LogP contribution is -2.38. The highest BCUT2D eigenvalue weighted by Crippen LogP contribution is 2.38. The number of nitrogens with two attached hydrogens (primary N) is 1. The number of sulfonamides is 1. The Bertz CT molecular complexity index is 1370. The van der Waals surface area contributed by atoms with Crippen LogP contribution >= 0.6 is 11.3 Å².